The molecule has 0 aliphatic heterocycles. The van der Waals surface area contributed by atoms with E-state index < -0.39 is 35.0 Å². The van der Waals surface area contributed by atoms with Crippen molar-refractivity contribution in [3.8, 4) is 28.1 Å². The van der Waals surface area contributed by atoms with Gasteiger partial charge >= 0.3 is 12.4 Å². The number of aromatic nitrogens is 3. The molecule has 2 heterocycles. The van der Waals surface area contributed by atoms with Crippen LogP contribution in [0, 0.1) is 0 Å². The lowest BCUT2D eigenvalue weighted by Crippen LogP contribution is -2.14. The molecule has 4 aromatic rings. The Morgan fingerprint density at radius 2 is 1.44 bits per heavy atom. The molecule has 0 unspecified atom stereocenters. The quantitative estimate of drug-likeness (QED) is 0.272. The maximum atomic E-state index is 13.9. The molecule has 2 aromatic carbocycles. The Morgan fingerprint density at radius 3 is 1.97 bits per heavy atom. The van der Waals surface area contributed by atoms with Crippen molar-refractivity contribution in [2.45, 2.75) is 32.3 Å². The van der Waals surface area contributed by atoms with Crippen LogP contribution in [0.3, 0.4) is 0 Å². The molecule has 0 aliphatic carbocycles. The summed E-state index contributed by atoms with van der Waals surface area (Å²) in [5, 5.41) is 3.54. The predicted molar refractivity (Wildman–Crippen MR) is 115 cm³/mol. The van der Waals surface area contributed by atoms with Gasteiger partial charge in [0, 0.05) is 10.6 Å². The smallest absolute Gasteiger partial charge is 0.435 e. The molecule has 0 amide bonds. The maximum absolute atomic E-state index is 13.9. The number of fused-ring (bicyclic) bond motifs is 1. The van der Waals surface area contributed by atoms with E-state index in [1.807, 2.05) is 13.8 Å². The van der Waals surface area contributed by atoms with Gasteiger partial charge in [0.2, 0.25) is 0 Å². The average molecular weight is 500 g/mol. The molecular weight excluding hydrogens is 484 g/mol. The lowest BCUT2D eigenvalue weighted by molar-refractivity contribution is -0.146. The van der Waals surface area contributed by atoms with Crippen LogP contribution >= 0.6 is 11.6 Å². The van der Waals surface area contributed by atoms with Crippen LogP contribution in [0.1, 0.15) is 25.2 Å². The van der Waals surface area contributed by atoms with Gasteiger partial charge in [0.15, 0.2) is 17.0 Å². The normalized spacial score (nSPS) is 12.5. The Morgan fingerprint density at radius 1 is 0.853 bits per heavy atom. The highest BCUT2D eigenvalue weighted by molar-refractivity contribution is 6.30. The van der Waals surface area contributed by atoms with E-state index in [0.717, 1.165) is 0 Å². The van der Waals surface area contributed by atoms with E-state index in [2.05, 4.69) is 10.1 Å². The minimum absolute atomic E-state index is 0.0230. The second-order valence-corrected chi connectivity index (χ2v) is 8.12. The first-order valence-corrected chi connectivity index (χ1v) is 10.3. The van der Waals surface area contributed by atoms with Crippen molar-refractivity contribution in [2.24, 2.45) is 0 Å². The third kappa shape index (κ3) is 4.68. The van der Waals surface area contributed by atoms with Gasteiger partial charge in [0.25, 0.3) is 0 Å². The molecule has 178 valence electrons. The van der Waals surface area contributed by atoms with Gasteiger partial charge in [-0.25, -0.2) is 9.50 Å². The zero-order chi connectivity index (χ0) is 24.8. The van der Waals surface area contributed by atoms with E-state index in [1.165, 1.54) is 36.4 Å². The van der Waals surface area contributed by atoms with Crippen LogP contribution in [-0.2, 0) is 12.4 Å². The molecule has 11 heteroatoms. The molecular formula is C23H16ClF6N3O. The van der Waals surface area contributed by atoms with E-state index in [-0.39, 0.29) is 32.5 Å². The van der Waals surface area contributed by atoms with Crippen LogP contribution in [0.15, 0.2) is 54.6 Å². The Labute approximate surface area is 194 Å². The number of benzene rings is 2. The summed E-state index contributed by atoms with van der Waals surface area (Å²) in [7, 11) is 0. The Balaban J connectivity index is 2.01. The first-order valence-electron chi connectivity index (χ1n) is 9.96. The summed E-state index contributed by atoms with van der Waals surface area (Å²) in [6.07, 6.45) is -10.1. The summed E-state index contributed by atoms with van der Waals surface area (Å²) in [6, 6.07) is 12.0. The van der Waals surface area contributed by atoms with Gasteiger partial charge in [-0.15, -0.1) is 0 Å². The number of hydrogen-bond acceptors (Lipinski definition) is 3. The highest BCUT2D eigenvalue weighted by Gasteiger charge is 2.42. The first kappa shape index (κ1) is 23.9. The molecule has 0 atom stereocenters. The van der Waals surface area contributed by atoms with Crippen LogP contribution in [0.4, 0.5) is 26.3 Å². The van der Waals surface area contributed by atoms with E-state index in [4.69, 9.17) is 16.3 Å². The lowest BCUT2D eigenvalue weighted by atomic mass is 10.0. The van der Waals surface area contributed by atoms with E-state index in [1.54, 1.807) is 12.1 Å². The van der Waals surface area contributed by atoms with Gasteiger partial charge < -0.3 is 4.74 Å². The monoisotopic (exact) mass is 499 g/mol. The summed E-state index contributed by atoms with van der Waals surface area (Å²) >= 11 is 5.84. The highest BCUT2D eigenvalue weighted by atomic mass is 35.5. The zero-order valence-corrected chi connectivity index (χ0v) is 18.4. The zero-order valence-electron chi connectivity index (χ0n) is 17.7. The molecule has 0 bridgehead atoms. The molecule has 4 nitrogen and oxygen atoms in total. The Hall–Kier alpha value is -3.27. The third-order valence-corrected chi connectivity index (χ3v) is 5.05. The van der Waals surface area contributed by atoms with Crippen molar-refractivity contribution in [3.05, 3.63) is 71.0 Å². The molecule has 2 aromatic heterocycles. The van der Waals surface area contributed by atoms with Crippen LogP contribution in [0.5, 0.6) is 5.75 Å². The third-order valence-electron chi connectivity index (χ3n) is 4.80. The van der Waals surface area contributed by atoms with Crippen LogP contribution in [0.2, 0.25) is 5.02 Å². The predicted octanol–water partition coefficient (Wildman–Crippen LogP) is 7.54. The fourth-order valence-corrected chi connectivity index (χ4v) is 3.55. The van der Waals surface area contributed by atoms with Crippen molar-refractivity contribution in [3.63, 3.8) is 0 Å². The van der Waals surface area contributed by atoms with Crippen molar-refractivity contribution in [1.82, 2.24) is 14.6 Å². The largest absolute Gasteiger partial charge is 0.491 e. The molecule has 0 spiro atoms. The molecule has 0 aliphatic rings. The van der Waals surface area contributed by atoms with Crippen LogP contribution in [0.25, 0.3) is 28.0 Å². The summed E-state index contributed by atoms with van der Waals surface area (Å²) in [6.45, 7) is 3.63. The van der Waals surface area contributed by atoms with Crippen LogP contribution < -0.4 is 4.74 Å². The number of alkyl halides is 6. The standard InChI is InChI=1S/C23H16ClF6N3O/c1-12(2)34-16-9-5-13(6-10-16)17-11-18(22(25,26)27)33-21(31-17)19(20(32-33)23(28,29)30)14-3-7-15(24)8-4-14/h3-12H,1-2H3. The van der Waals surface area contributed by atoms with Gasteiger partial charge in [-0.05, 0) is 61.9 Å². The van der Waals surface area contributed by atoms with Gasteiger partial charge in [-0.1, -0.05) is 23.7 Å². The highest BCUT2D eigenvalue weighted by Crippen LogP contribution is 2.41. The van der Waals surface area contributed by atoms with Gasteiger partial charge in [0.05, 0.1) is 17.4 Å². The van der Waals surface area contributed by atoms with Gasteiger partial charge in [-0.2, -0.15) is 31.4 Å². The Bertz CT molecular complexity index is 1330. The summed E-state index contributed by atoms with van der Waals surface area (Å²) < 4.78 is 88.9. The van der Waals surface area contributed by atoms with E-state index in [9.17, 15) is 26.3 Å². The minimum atomic E-state index is -5.03. The van der Waals surface area contributed by atoms with Gasteiger partial charge in [0.1, 0.15) is 5.75 Å². The number of ether oxygens (including phenoxy) is 1. The minimum Gasteiger partial charge on any atom is -0.491 e. The fourth-order valence-electron chi connectivity index (χ4n) is 3.42. The average Bonchev–Trinajstić information content (AvgIpc) is 3.13. The molecule has 0 fully saturated rings. The summed E-state index contributed by atoms with van der Waals surface area (Å²) in [5.41, 5.74) is -3.95. The maximum Gasteiger partial charge on any atom is 0.435 e. The molecule has 0 radical (unpaired) electrons. The molecule has 0 saturated heterocycles. The van der Waals surface area contributed by atoms with Crippen LogP contribution in [-0.4, -0.2) is 20.7 Å². The molecule has 0 N–H and O–H groups in total. The number of nitrogens with zero attached hydrogens (tertiary/aromatic N) is 3. The fraction of sp³-hybridized carbons (Fsp3) is 0.217. The van der Waals surface area contributed by atoms with Crippen molar-refractivity contribution >= 4 is 17.2 Å². The van der Waals surface area contributed by atoms with Crippen molar-refractivity contribution < 1.29 is 31.1 Å². The number of rotatable bonds is 4. The van der Waals surface area contributed by atoms with Crippen molar-refractivity contribution in [1.29, 1.82) is 0 Å². The summed E-state index contributed by atoms with van der Waals surface area (Å²) in [4.78, 5) is 4.17. The molecule has 0 saturated carbocycles. The number of halogens is 7. The second kappa shape index (κ2) is 8.50. The van der Waals surface area contributed by atoms with E-state index in [0.29, 0.717) is 11.8 Å². The molecule has 4 rings (SSSR count). The summed E-state index contributed by atoms with van der Waals surface area (Å²) in [5.74, 6) is 0.487. The molecule has 34 heavy (non-hydrogen) atoms. The lowest BCUT2D eigenvalue weighted by Gasteiger charge is -2.13. The van der Waals surface area contributed by atoms with E-state index >= 15 is 0 Å². The first-order chi connectivity index (χ1) is 15.8. The topological polar surface area (TPSA) is 39.4 Å². The second-order valence-electron chi connectivity index (χ2n) is 7.68. The number of hydrogen-bond donors (Lipinski definition) is 0. The van der Waals surface area contributed by atoms with Gasteiger partial charge in [-0.3, -0.25) is 0 Å². The Kier molecular flexibility index (Phi) is 5.97. The SMILES string of the molecule is CC(C)Oc1ccc(-c2cc(C(F)(F)F)n3nc(C(F)(F)F)c(-c4ccc(Cl)cc4)c3n2)cc1. The van der Waals surface area contributed by atoms with Crippen molar-refractivity contribution in [2.75, 3.05) is 0 Å².